The van der Waals surface area contributed by atoms with Crippen LogP contribution in [0.4, 0.5) is 10.1 Å². The summed E-state index contributed by atoms with van der Waals surface area (Å²) in [6, 6.07) is 9.64. The first kappa shape index (κ1) is 19.4. The molecule has 3 rings (SSSR count). The molecule has 2 aromatic rings. The van der Waals surface area contributed by atoms with Crippen molar-refractivity contribution >= 4 is 46.3 Å². The molecule has 27 heavy (non-hydrogen) atoms. The van der Waals surface area contributed by atoms with Gasteiger partial charge in [0.2, 0.25) is 0 Å². The first-order chi connectivity index (χ1) is 12.8. The van der Waals surface area contributed by atoms with E-state index in [1.54, 1.807) is 19.2 Å². The van der Waals surface area contributed by atoms with Gasteiger partial charge in [-0.05, 0) is 36.4 Å². The molecule has 1 N–H and O–H groups in total. The van der Waals surface area contributed by atoms with Gasteiger partial charge >= 0.3 is 0 Å². The van der Waals surface area contributed by atoms with Crippen molar-refractivity contribution < 1.29 is 19.1 Å². The largest absolute Gasteiger partial charge is 0.395 e. The molecule has 1 aliphatic rings. The molecule has 8 heteroatoms. The van der Waals surface area contributed by atoms with Crippen molar-refractivity contribution in [2.75, 3.05) is 25.1 Å². The minimum absolute atomic E-state index is 0.0990. The molecule has 0 atom stereocenters. The van der Waals surface area contributed by atoms with E-state index in [-0.39, 0.29) is 35.1 Å². The van der Waals surface area contributed by atoms with E-state index < -0.39 is 17.6 Å². The fraction of sp³-hybridized carbons (Fsp3) is 0.158. The van der Waals surface area contributed by atoms with Crippen LogP contribution < -0.4 is 4.90 Å². The fourth-order valence-corrected chi connectivity index (χ4v) is 3.40. The number of nitrogens with zero attached hydrogens (tertiary/aromatic N) is 2. The van der Waals surface area contributed by atoms with Crippen LogP contribution in [0.25, 0.3) is 5.57 Å². The molecule has 0 unspecified atom stereocenters. The number of carbonyl (C=O) groups is 2. The molecule has 0 bridgehead atoms. The van der Waals surface area contributed by atoms with Crippen molar-refractivity contribution in [1.29, 1.82) is 0 Å². The Morgan fingerprint density at radius 3 is 2.33 bits per heavy atom. The van der Waals surface area contributed by atoms with Crippen LogP contribution >= 0.6 is 23.2 Å². The van der Waals surface area contributed by atoms with Crippen molar-refractivity contribution in [1.82, 2.24) is 4.90 Å². The van der Waals surface area contributed by atoms with E-state index >= 15 is 0 Å². The Bertz CT molecular complexity index is 944. The van der Waals surface area contributed by atoms with E-state index in [4.69, 9.17) is 23.2 Å². The summed E-state index contributed by atoms with van der Waals surface area (Å²) < 4.78 is 13.2. The van der Waals surface area contributed by atoms with Gasteiger partial charge in [0.05, 0.1) is 22.9 Å². The zero-order chi connectivity index (χ0) is 19.7. The highest BCUT2D eigenvalue weighted by molar-refractivity contribution is 6.47. The average molecular weight is 409 g/mol. The molecule has 5 nitrogen and oxygen atoms in total. The lowest BCUT2D eigenvalue weighted by Crippen LogP contribution is -2.34. The number of likely N-dealkylation sites (N-methyl/N-ethyl adjacent to an activating group) is 1. The molecule has 2 amide bonds. The predicted molar refractivity (Wildman–Crippen MR) is 102 cm³/mol. The molecule has 1 heterocycles. The average Bonchev–Trinajstić information content (AvgIpc) is 2.87. The number of hydrogen-bond donors (Lipinski definition) is 1. The van der Waals surface area contributed by atoms with Crippen LogP contribution in [0.5, 0.6) is 0 Å². The molecule has 0 saturated carbocycles. The second-order valence-corrected chi connectivity index (χ2v) is 6.76. The molecule has 0 aliphatic carbocycles. The second-order valence-electron chi connectivity index (χ2n) is 5.92. The highest BCUT2D eigenvalue weighted by Crippen LogP contribution is 2.37. The summed E-state index contributed by atoms with van der Waals surface area (Å²) in [6.45, 7) is -0.0695. The third-order valence-electron chi connectivity index (χ3n) is 4.16. The number of hydrogen-bond acceptors (Lipinski definition) is 4. The quantitative estimate of drug-likeness (QED) is 0.770. The summed E-state index contributed by atoms with van der Waals surface area (Å²) in [6.07, 6.45) is 0. The number of rotatable bonds is 5. The Morgan fingerprint density at radius 2 is 1.74 bits per heavy atom. The molecule has 0 spiro atoms. The first-order valence-corrected chi connectivity index (χ1v) is 8.76. The number of aliphatic hydroxyl groups excluding tert-OH is 1. The zero-order valence-corrected chi connectivity index (χ0v) is 15.8. The third-order valence-corrected chi connectivity index (χ3v) is 4.71. The monoisotopic (exact) mass is 408 g/mol. The Morgan fingerprint density at radius 1 is 1.07 bits per heavy atom. The van der Waals surface area contributed by atoms with Crippen molar-refractivity contribution in [3.8, 4) is 0 Å². The van der Waals surface area contributed by atoms with Crippen LogP contribution in [0.1, 0.15) is 5.56 Å². The Kier molecular flexibility index (Phi) is 5.51. The van der Waals surface area contributed by atoms with Crippen LogP contribution in [-0.2, 0) is 9.59 Å². The van der Waals surface area contributed by atoms with Gasteiger partial charge in [-0.25, -0.2) is 9.29 Å². The van der Waals surface area contributed by atoms with Gasteiger partial charge in [0.1, 0.15) is 11.5 Å². The standard InChI is InChI=1S/C19H15Cl2FN2O3/c1-23(8-9-25)17-16(14-7-2-11(20)10-15(14)21)18(26)24(19(17)27)13-5-3-12(22)4-6-13/h2-7,10,25H,8-9H2,1H3. The summed E-state index contributed by atoms with van der Waals surface area (Å²) in [5.74, 6) is -1.65. The molecular formula is C19H15Cl2FN2O3. The van der Waals surface area contributed by atoms with Crippen LogP contribution in [0.2, 0.25) is 10.0 Å². The van der Waals surface area contributed by atoms with Gasteiger partial charge in [0, 0.05) is 24.2 Å². The van der Waals surface area contributed by atoms with Crippen LogP contribution in [0.15, 0.2) is 48.2 Å². The minimum atomic E-state index is -0.587. The van der Waals surface area contributed by atoms with Gasteiger partial charge in [-0.15, -0.1) is 0 Å². The summed E-state index contributed by atoms with van der Waals surface area (Å²) >= 11 is 12.2. The van der Waals surface area contributed by atoms with Crippen molar-refractivity contribution in [3.63, 3.8) is 0 Å². The van der Waals surface area contributed by atoms with Crippen molar-refractivity contribution in [3.05, 3.63) is 69.6 Å². The topological polar surface area (TPSA) is 60.9 Å². The normalized spacial score (nSPS) is 14.3. The zero-order valence-electron chi connectivity index (χ0n) is 14.2. The van der Waals surface area contributed by atoms with E-state index in [1.807, 2.05) is 0 Å². The number of benzene rings is 2. The Balaban J connectivity index is 2.16. The number of aliphatic hydroxyl groups is 1. The molecule has 2 aromatic carbocycles. The van der Waals surface area contributed by atoms with Gasteiger partial charge < -0.3 is 10.0 Å². The molecule has 0 aromatic heterocycles. The lowest BCUT2D eigenvalue weighted by molar-refractivity contribution is -0.120. The summed E-state index contributed by atoms with van der Waals surface area (Å²) in [5.41, 5.74) is 0.787. The van der Waals surface area contributed by atoms with E-state index in [2.05, 4.69) is 0 Å². The highest BCUT2D eigenvalue weighted by Gasteiger charge is 2.42. The highest BCUT2D eigenvalue weighted by atomic mass is 35.5. The van der Waals surface area contributed by atoms with Crippen LogP contribution in [0.3, 0.4) is 0 Å². The predicted octanol–water partition coefficient (Wildman–Crippen LogP) is 3.34. The number of imide groups is 1. The van der Waals surface area contributed by atoms with Crippen LogP contribution in [-0.4, -0.2) is 42.0 Å². The summed E-state index contributed by atoms with van der Waals surface area (Å²) in [5, 5.41) is 9.86. The number of halogens is 3. The van der Waals surface area contributed by atoms with E-state index in [1.165, 1.54) is 35.2 Å². The van der Waals surface area contributed by atoms with Crippen LogP contribution in [0, 0.1) is 5.82 Å². The maximum absolute atomic E-state index is 13.2. The van der Waals surface area contributed by atoms with Crippen molar-refractivity contribution in [2.45, 2.75) is 0 Å². The van der Waals surface area contributed by atoms with E-state index in [9.17, 15) is 19.1 Å². The molecule has 0 radical (unpaired) electrons. The van der Waals surface area contributed by atoms with E-state index in [0.717, 1.165) is 4.90 Å². The Hall–Kier alpha value is -2.41. The fourth-order valence-electron chi connectivity index (χ4n) is 2.89. The van der Waals surface area contributed by atoms with Gasteiger partial charge in [-0.2, -0.15) is 0 Å². The summed E-state index contributed by atoms with van der Waals surface area (Å²) in [7, 11) is 1.59. The summed E-state index contributed by atoms with van der Waals surface area (Å²) in [4.78, 5) is 28.6. The van der Waals surface area contributed by atoms with Gasteiger partial charge in [-0.1, -0.05) is 29.3 Å². The minimum Gasteiger partial charge on any atom is -0.395 e. The maximum Gasteiger partial charge on any atom is 0.282 e. The number of anilines is 1. The smallest absolute Gasteiger partial charge is 0.282 e. The molecular weight excluding hydrogens is 394 g/mol. The van der Waals surface area contributed by atoms with Gasteiger partial charge in [0.15, 0.2) is 0 Å². The van der Waals surface area contributed by atoms with Gasteiger partial charge in [-0.3, -0.25) is 9.59 Å². The van der Waals surface area contributed by atoms with Gasteiger partial charge in [0.25, 0.3) is 11.8 Å². The lowest BCUT2D eigenvalue weighted by Gasteiger charge is -2.20. The molecule has 140 valence electrons. The maximum atomic E-state index is 13.2. The molecule has 1 aliphatic heterocycles. The Labute approximate surface area is 165 Å². The second kappa shape index (κ2) is 7.68. The third kappa shape index (κ3) is 3.56. The SMILES string of the molecule is CN(CCO)C1=C(c2ccc(Cl)cc2Cl)C(=O)N(c2ccc(F)cc2)C1=O. The number of amides is 2. The molecule has 0 saturated heterocycles. The first-order valence-electron chi connectivity index (χ1n) is 8.01. The van der Waals surface area contributed by atoms with E-state index in [0.29, 0.717) is 10.6 Å². The molecule has 0 fully saturated rings. The number of carbonyl (C=O) groups excluding carboxylic acids is 2. The lowest BCUT2D eigenvalue weighted by atomic mass is 10.0. The van der Waals surface area contributed by atoms with Crippen molar-refractivity contribution in [2.24, 2.45) is 0 Å².